The van der Waals surface area contributed by atoms with Crippen molar-refractivity contribution in [1.82, 2.24) is 5.32 Å². The number of carboxylic acid groups (broad SMARTS) is 2. The highest BCUT2D eigenvalue weighted by Gasteiger charge is 2.39. The normalized spacial score (nSPS) is 21.3. The Morgan fingerprint density at radius 2 is 1.73 bits per heavy atom. The molecule has 0 saturated heterocycles. The minimum Gasteiger partial charge on any atom is -0.478 e. The zero-order valence-electron chi connectivity index (χ0n) is 17.5. The summed E-state index contributed by atoms with van der Waals surface area (Å²) in [5.41, 5.74) is 1.52. The molecule has 0 spiro atoms. The van der Waals surface area contributed by atoms with E-state index in [0.717, 1.165) is 29.7 Å². The van der Waals surface area contributed by atoms with Crippen LogP contribution in [0.5, 0.6) is 0 Å². The van der Waals surface area contributed by atoms with Crippen molar-refractivity contribution in [2.75, 3.05) is 0 Å². The standard InChI is InChI=1S/C19H25NOS.C4H4O4/c1-18(2,3)20-15-11-10-14-7-4-5-8-16(14)19(21,13-15)17-9-6-12-22-17;5-3(6)1-2-4(7)8/h4-9,12,15,20-21H,10-11,13H2,1-3H3;1-2H,(H,5,6)(H,7,8). The first kappa shape index (κ1) is 23.8. The van der Waals surface area contributed by atoms with Crippen molar-refractivity contribution in [2.24, 2.45) is 0 Å². The first-order valence-corrected chi connectivity index (χ1v) is 10.7. The van der Waals surface area contributed by atoms with Crippen molar-refractivity contribution in [3.63, 3.8) is 0 Å². The van der Waals surface area contributed by atoms with E-state index in [2.05, 4.69) is 50.4 Å². The van der Waals surface area contributed by atoms with Gasteiger partial charge in [-0.3, -0.25) is 0 Å². The molecule has 7 heteroatoms. The second kappa shape index (κ2) is 10.0. The summed E-state index contributed by atoms with van der Waals surface area (Å²) in [5.74, 6) is -2.51. The second-order valence-electron chi connectivity index (χ2n) is 8.34. The van der Waals surface area contributed by atoms with Gasteiger partial charge in [0.05, 0.1) is 0 Å². The van der Waals surface area contributed by atoms with Gasteiger partial charge in [0.25, 0.3) is 0 Å². The SMILES string of the molecule is CC(C)(C)NC1CCc2ccccc2C(O)(c2cccs2)C1.O=C(O)C=CC(=O)O. The highest BCUT2D eigenvalue weighted by Crippen LogP contribution is 2.41. The lowest BCUT2D eigenvalue weighted by Crippen LogP contribution is -2.46. The van der Waals surface area contributed by atoms with Crippen molar-refractivity contribution in [2.45, 2.75) is 57.2 Å². The van der Waals surface area contributed by atoms with Crippen LogP contribution in [0.25, 0.3) is 0 Å². The number of carbonyl (C=O) groups is 2. The predicted octanol–water partition coefficient (Wildman–Crippen LogP) is 3.79. The Hall–Kier alpha value is -2.48. The Morgan fingerprint density at radius 1 is 1.10 bits per heavy atom. The maximum atomic E-state index is 11.6. The van der Waals surface area contributed by atoms with E-state index in [1.54, 1.807) is 11.3 Å². The van der Waals surface area contributed by atoms with Crippen molar-refractivity contribution >= 4 is 23.3 Å². The number of aliphatic carboxylic acids is 2. The summed E-state index contributed by atoms with van der Waals surface area (Å²) in [5, 5.41) is 33.0. The van der Waals surface area contributed by atoms with Crippen LogP contribution in [0.2, 0.25) is 0 Å². The average molecular weight is 432 g/mol. The van der Waals surface area contributed by atoms with Gasteiger partial charge in [-0.1, -0.05) is 30.3 Å². The van der Waals surface area contributed by atoms with Crippen molar-refractivity contribution < 1.29 is 24.9 Å². The highest BCUT2D eigenvalue weighted by molar-refractivity contribution is 7.10. The maximum Gasteiger partial charge on any atom is 0.328 e. The molecule has 1 aliphatic carbocycles. The molecule has 0 radical (unpaired) electrons. The van der Waals surface area contributed by atoms with Gasteiger partial charge in [-0.05, 0) is 56.2 Å². The fraction of sp³-hybridized carbons (Fsp3) is 0.391. The molecule has 4 N–H and O–H groups in total. The summed E-state index contributed by atoms with van der Waals surface area (Å²) < 4.78 is 0. The molecule has 3 rings (SSSR count). The summed E-state index contributed by atoms with van der Waals surface area (Å²) in [4.78, 5) is 20.2. The van der Waals surface area contributed by atoms with Gasteiger partial charge < -0.3 is 20.6 Å². The van der Waals surface area contributed by atoms with Gasteiger partial charge in [0.1, 0.15) is 5.60 Å². The molecule has 0 saturated carbocycles. The van der Waals surface area contributed by atoms with Crippen LogP contribution in [0, 0.1) is 0 Å². The summed E-state index contributed by atoms with van der Waals surface area (Å²) in [6.45, 7) is 6.57. The highest BCUT2D eigenvalue weighted by atomic mass is 32.1. The fourth-order valence-electron chi connectivity index (χ4n) is 3.67. The number of benzene rings is 1. The topological polar surface area (TPSA) is 107 Å². The Kier molecular flexibility index (Phi) is 7.95. The van der Waals surface area contributed by atoms with Crippen molar-refractivity contribution in [1.29, 1.82) is 0 Å². The lowest BCUT2D eigenvalue weighted by molar-refractivity contribution is -0.134. The molecule has 2 unspecified atom stereocenters. The first-order valence-electron chi connectivity index (χ1n) is 9.77. The van der Waals surface area contributed by atoms with Crippen LogP contribution in [0.1, 0.15) is 49.6 Å². The van der Waals surface area contributed by atoms with E-state index < -0.39 is 17.5 Å². The molecule has 2 aromatic rings. The number of thiophene rings is 1. The largest absolute Gasteiger partial charge is 0.478 e. The molecule has 0 amide bonds. The van der Waals surface area contributed by atoms with Gasteiger partial charge in [-0.15, -0.1) is 11.3 Å². The van der Waals surface area contributed by atoms with Crippen molar-refractivity contribution in [3.8, 4) is 0 Å². The molecule has 6 nitrogen and oxygen atoms in total. The molecule has 2 atom stereocenters. The predicted molar refractivity (Wildman–Crippen MR) is 118 cm³/mol. The number of carboxylic acids is 2. The van der Waals surface area contributed by atoms with E-state index in [-0.39, 0.29) is 5.54 Å². The molecule has 0 bridgehead atoms. The number of hydrogen-bond donors (Lipinski definition) is 4. The van der Waals surface area contributed by atoms with Gasteiger partial charge in [0.15, 0.2) is 0 Å². The molecule has 1 heterocycles. The lowest BCUT2D eigenvalue weighted by atomic mass is 9.85. The third-order valence-corrected chi connectivity index (χ3v) is 5.72. The summed E-state index contributed by atoms with van der Waals surface area (Å²) in [6.07, 6.45) is 3.91. The van der Waals surface area contributed by atoms with Gasteiger partial charge in [0.2, 0.25) is 0 Å². The Bertz CT molecular complexity index is 869. The van der Waals surface area contributed by atoms with Crippen LogP contribution in [0.3, 0.4) is 0 Å². The van der Waals surface area contributed by atoms with Crippen LogP contribution in [0.4, 0.5) is 0 Å². The quantitative estimate of drug-likeness (QED) is 0.433. The van der Waals surface area contributed by atoms with Gasteiger partial charge in [0, 0.05) is 35.0 Å². The van der Waals surface area contributed by atoms with Crippen LogP contribution >= 0.6 is 11.3 Å². The minimum absolute atomic E-state index is 0.0531. The lowest BCUT2D eigenvalue weighted by Gasteiger charge is -2.34. The van der Waals surface area contributed by atoms with E-state index in [4.69, 9.17) is 10.2 Å². The molecule has 0 fully saturated rings. The molecule has 30 heavy (non-hydrogen) atoms. The molecule has 1 aromatic heterocycles. The van der Waals surface area contributed by atoms with Crippen LogP contribution in [-0.4, -0.2) is 38.8 Å². The van der Waals surface area contributed by atoms with Gasteiger partial charge in [-0.2, -0.15) is 0 Å². The minimum atomic E-state index is -1.26. The number of fused-ring (bicyclic) bond motifs is 1. The van der Waals surface area contributed by atoms with E-state index in [1.807, 2.05) is 17.5 Å². The summed E-state index contributed by atoms with van der Waals surface area (Å²) >= 11 is 1.64. The third kappa shape index (κ3) is 6.79. The molecule has 0 aliphatic heterocycles. The maximum absolute atomic E-state index is 11.6. The monoisotopic (exact) mass is 431 g/mol. The van der Waals surface area contributed by atoms with Crippen LogP contribution < -0.4 is 5.32 Å². The molecule has 162 valence electrons. The number of nitrogens with one attached hydrogen (secondary N) is 1. The average Bonchev–Trinajstić information content (AvgIpc) is 3.15. The van der Waals surface area contributed by atoms with Crippen LogP contribution in [0.15, 0.2) is 53.9 Å². The zero-order valence-corrected chi connectivity index (χ0v) is 18.3. The summed E-state index contributed by atoms with van der Waals surface area (Å²) in [6, 6.07) is 12.8. The van der Waals surface area contributed by atoms with E-state index in [9.17, 15) is 14.7 Å². The summed E-state index contributed by atoms with van der Waals surface area (Å²) in [7, 11) is 0. The number of rotatable bonds is 4. The zero-order chi connectivity index (χ0) is 22.4. The van der Waals surface area contributed by atoms with E-state index in [0.29, 0.717) is 18.2 Å². The number of aryl methyl sites for hydroxylation is 1. The third-order valence-electron chi connectivity index (χ3n) is 4.70. The van der Waals surface area contributed by atoms with Gasteiger partial charge >= 0.3 is 11.9 Å². The Balaban J connectivity index is 0.000000343. The Morgan fingerprint density at radius 3 is 2.27 bits per heavy atom. The Labute approximate surface area is 180 Å². The van der Waals surface area contributed by atoms with Crippen molar-refractivity contribution in [3.05, 3.63) is 69.9 Å². The molecule has 1 aromatic carbocycles. The molecular weight excluding hydrogens is 402 g/mol. The second-order valence-corrected chi connectivity index (χ2v) is 9.29. The first-order chi connectivity index (χ1) is 14.0. The van der Waals surface area contributed by atoms with E-state index in [1.165, 1.54) is 5.56 Å². The molecular formula is C23H29NO5S. The molecule has 1 aliphatic rings. The smallest absolute Gasteiger partial charge is 0.328 e. The van der Waals surface area contributed by atoms with E-state index >= 15 is 0 Å². The fourth-order valence-corrected chi connectivity index (χ4v) is 4.51. The van der Waals surface area contributed by atoms with Crippen LogP contribution in [-0.2, 0) is 21.6 Å². The number of aliphatic hydroxyl groups is 1. The number of hydrogen-bond acceptors (Lipinski definition) is 5. The van der Waals surface area contributed by atoms with Gasteiger partial charge in [-0.25, -0.2) is 9.59 Å².